The van der Waals surface area contributed by atoms with Crippen LogP contribution in [0, 0.1) is 19.8 Å². The molecule has 2 heterocycles. The number of hydrogen-bond acceptors (Lipinski definition) is 4. The van der Waals surface area contributed by atoms with Crippen molar-refractivity contribution >= 4 is 23.2 Å². The largest absolute Gasteiger partial charge is 0.324 e. The van der Waals surface area contributed by atoms with Crippen LogP contribution in [0.3, 0.4) is 0 Å². The summed E-state index contributed by atoms with van der Waals surface area (Å²) in [7, 11) is 1.84. The highest BCUT2D eigenvalue weighted by Crippen LogP contribution is 2.33. The van der Waals surface area contributed by atoms with E-state index in [4.69, 9.17) is 0 Å². The zero-order chi connectivity index (χ0) is 27.4. The summed E-state index contributed by atoms with van der Waals surface area (Å²) < 4.78 is 1.69. The van der Waals surface area contributed by atoms with Gasteiger partial charge >= 0.3 is 0 Å². The van der Waals surface area contributed by atoms with Crippen LogP contribution in [0.25, 0.3) is 0 Å². The Morgan fingerprint density at radius 3 is 2.21 bits per heavy atom. The van der Waals surface area contributed by atoms with Crippen LogP contribution < -0.4 is 10.2 Å². The third kappa shape index (κ3) is 6.09. The molecule has 3 aromatic rings. The molecule has 1 saturated carbocycles. The van der Waals surface area contributed by atoms with Crippen LogP contribution in [0.15, 0.2) is 60.9 Å². The van der Waals surface area contributed by atoms with E-state index in [9.17, 15) is 9.59 Å². The van der Waals surface area contributed by atoms with Gasteiger partial charge in [0.2, 0.25) is 5.91 Å². The molecule has 1 aliphatic heterocycles. The molecule has 1 aromatic heterocycles. The zero-order valence-corrected chi connectivity index (χ0v) is 23.5. The van der Waals surface area contributed by atoms with Gasteiger partial charge in [0.1, 0.15) is 6.04 Å². The van der Waals surface area contributed by atoms with Gasteiger partial charge in [0.15, 0.2) is 0 Å². The van der Waals surface area contributed by atoms with Crippen LogP contribution in [0.5, 0.6) is 0 Å². The van der Waals surface area contributed by atoms with Gasteiger partial charge in [0.25, 0.3) is 5.91 Å². The molecule has 7 nitrogen and oxygen atoms in total. The van der Waals surface area contributed by atoms with Crippen LogP contribution in [0.2, 0.25) is 0 Å². The van der Waals surface area contributed by atoms with Crippen molar-refractivity contribution in [3.05, 3.63) is 77.6 Å². The summed E-state index contributed by atoms with van der Waals surface area (Å²) in [5.41, 5.74) is 4.05. The molecule has 2 aromatic carbocycles. The van der Waals surface area contributed by atoms with Crippen LogP contribution in [0.4, 0.5) is 11.4 Å². The fourth-order valence-electron chi connectivity index (χ4n) is 6.45. The maximum absolute atomic E-state index is 14.3. The summed E-state index contributed by atoms with van der Waals surface area (Å²) >= 11 is 0. The molecule has 2 amide bonds. The Morgan fingerprint density at radius 1 is 0.923 bits per heavy atom. The number of para-hydroxylation sites is 1. The zero-order valence-electron chi connectivity index (χ0n) is 23.5. The number of benzene rings is 2. The lowest BCUT2D eigenvalue weighted by Crippen LogP contribution is -2.55. The molecular formula is C32H41N5O2. The van der Waals surface area contributed by atoms with Gasteiger partial charge in [-0.3, -0.25) is 19.2 Å². The molecule has 0 radical (unpaired) electrons. The second-order valence-electron chi connectivity index (χ2n) is 11.3. The van der Waals surface area contributed by atoms with Crippen LogP contribution in [-0.2, 0) is 11.8 Å². The minimum atomic E-state index is -0.658. The van der Waals surface area contributed by atoms with Gasteiger partial charge in [-0.15, -0.1) is 0 Å². The topological polar surface area (TPSA) is 70.5 Å². The Balaban J connectivity index is 1.49. The molecule has 1 saturated heterocycles. The molecule has 39 heavy (non-hydrogen) atoms. The first-order chi connectivity index (χ1) is 18.9. The lowest BCUT2D eigenvalue weighted by atomic mass is 9.85. The van der Waals surface area contributed by atoms with E-state index in [-0.39, 0.29) is 17.7 Å². The van der Waals surface area contributed by atoms with Gasteiger partial charge in [-0.05, 0) is 81.8 Å². The number of aryl methyl sites for hydroxylation is 3. The molecule has 1 atom stereocenters. The fourth-order valence-corrected chi connectivity index (χ4v) is 6.45. The van der Waals surface area contributed by atoms with E-state index in [0.29, 0.717) is 17.3 Å². The number of carbonyl (C=O) groups excluding carboxylic acids is 2. The second kappa shape index (κ2) is 12.2. The van der Waals surface area contributed by atoms with Crippen molar-refractivity contribution in [2.45, 2.75) is 70.9 Å². The molecule has 1 N–H and O–H groups in total. The Morgan fingerprint density at radius 2 is 1.59 bits per heavy atom. The molecule has 1 unspecified atom stereocenters. The minimum absolute atomic E-state index is 0.0297. The SMILES string of the molecule is Cc1cccc(C)c1NC(=O)C(C1CCN(C2CCCCC2)CC1)N(C(=O)c1ccccc1)c1cnn(C)c1. The lowest BCUT2D eigenvalue weighted by molar-refractivity contribution is -0.119. The smallest absolute Gasteiger partial charge is 0.259 e. The Labute approximate surface area is 232 Å². The standard InChI is InChI=1S/C32H41N5O2/c1-23-11-10-12-24(2)29(23)34-31(38)30(25-17-19-36(20-18-25)27-15-8-5-9-16-27)37(28-21-33-35(3)22-28)32(39)26-13-6-4-7-14-26/h4,6-7,10-14,21-22,25,27,30H,5,8-9,15-20H2,1-3H3,(H,34,38). The van der Waals surface area contributed by atoms with Crippen LogP contribution >= 0.6 is 0 Å². The van der Waals surface area contributed by atoms with E-state index >= 15 is 0 Å². The molecule has 5 rings (SSSR count). The van der Waals surface area contributed by atoms with Gasteiger partial charge in [-0.1, -0.05) is 55.7 Å². The third-order valence-electron chi connectivity index (χ3n) is 8.60. The summed E-state index contributed by atoms with van der Waals surface area (Å²) in [6.45, 7) is 5.94. The number of anilines is 2. The van der Waals surface area contributed by atoms with E-state index < -0.39 is 6.04 Å². The van der Waals surface area contributed by atoms with E-state index in [1.54, 1.807) is 15.8 Å². The number of amides is 2. The van der Waals surface area contributed by atoms with E-state index in [1.165, 1.54) is 32.1 Å². The summed E-state index contributed by atoms with van der Waals surface area (Å²) in [6.07, 6.45) is 11.8. The number of nitrogens with zero attached hydrogens (tertiary/aromatic N) is 4. The maximum atomic E-state index is 14.3. The minimum Gasteiger partial charge on any atom is -0.324 e. The molecule has 2 fully saturated rings. The molecular weight excluding hydrogens is 486 g/mol. The number of carbonyl (C=O) groups is 2. The van der Waals surface area contributed by atoms with E-state index in [2.05, 4.69) is 15.3 Å². The quantitative estimate of drug-likeness (QED) is 0.426. The summed E-state index contributed by atoms with van der Waals surface area (Å²) in [4.78, 5) is 32.8. The average Bonchev–Trinajstić information content (AvgIpc) is 3.40. The summed E-state index contributed by atoms with van der Waals surface area (Å²) in [5, 5.41) is 7.61. The molecule has 7 heteroatoms. The predicted molar refractivity (Wildman–Crippen MR) is 156 cm³/mol. The normalized spacial score (nSPS) is 18.0. The third-order valence-corrected chi connectivity index (χ3v) is 8.60. The van der Waals surface area contributed by atoms with Crippen molar-refractivity contribution in [1.82, 2.24) is 14.7 Å². The van der Waals surface area contributed by atoms with Gasteiger partial charge in [0.05, 0.1) is 11.9 Å². The van der Waals surface area contributed by atoms with Gasteiger partial charge < -0.3 is 10.2 Å². The van der Waals surface area contributed by atoms with Crippen LogP contribution in [-0.4, -0.2) is 51.7 Å². The van der Waals surface area contributed by atoms with Crippen LogP contribution in [0.1, 0.15) is 66.4 Å². The number of hydrogen-bond donors (Lipinski definition) is 1. The molecule has 0 spiro atoms. The van der Waals surface area contributed by atoms with Crippen molar-refractivity contribution in [2.75, 3.05) is 23.3 Å². The van der Waals surface area contributed by atoms with Crippen molar-refractivity contribution in [1.29, 1.82) is 0 Å². The number of likely N-dealkylation sites (tertiary alicyclic amines) is 1. The van der Waals surface area contributed by atoms with Crippen molar-refractivity contribution in [3.8, 4) is 0 Å². The van der Waals surface area contributed by atoms with E-state index in [1.807, 2.05) is 75.6 Å². The van der Waals surface area contributed by atoms with E-state index in [0.717, 1.165) is 42.7 Å². The number of rotatable bonds is 7. The molecule has 206 valence electrons. The van der Waals surface area contributed by atoms with Gasteiger partial charge in [-0.25, -0.2) is 0 Å². The lowest BCUT2D eigenvalue weighted by Gasteiger charge is -2.43. The predicted octanol–water partition coefficient (Wildman–Crippen LogP) is 5.74. The summed E-state index contributed by atoms with van der Waals surface area (Å²) in [5.74, 6) is -0.293. The highest BCUT2D eigenvalue weighted by molar-refractivity contribution is 6.11. The Kier molecular flexibility index (Phi) is 8.46. The van der Waals surface area contributed by atoms with Crippen molar-refractivity contribution < 1.29 is 9.59 Å². The first-order valence-electron chi connectivity index (χ1n) is 14.4. The Hall–Kier alpha value is -3.45. The number of aromatic nitrogens is 2. The van der Waals surface area contributed by atoms with Gasteiger partial charge in [0, 0.05) is 30.5 Å². The number of nitrogens with one attached hydrogen (secondary N) is 1. The molecule has 1 aliphatic carbocycles. The van der Waals surface area contributed by atoms with Crippen molar-refractivity contribution in [2.24, 2.45) is 13.0 Å². The first kappa shape index (κ1) is 27.1. The van der Waals surface area contributed by atoms with Crippen molar-refractivity contribution in [3.63, 3.8) is 0 Å². The van der Waals surface area contributed by atoms with Gasteiger partial charge in [-0.2, -0.15) is 5.10 Å². The monoisotopic (exact) mass is 527 g/mol. The first-order valence-corrected chi connectivity index (χ1v) is 14.4. The highest BCUT2D eigenvalue weighted by atomic mass is 16.2. The molecule has 0 bridgehead atoms. The number of piperidine rings is 1. The second-order valence-corrected chi connectivity index (χ2v) is 11.3. The summed E-state index contributed by atoms with van der Waals surface area (Å²) in [6, 6.07) is 15.3. The highest BCUT2D eigenvalue weighted by Gasteiger charge is 2.41. The average molecular weight is 528 g/mol. The Bertz CT molecular complexity index is 1250. The molecule has 2 aliphatic rings. The maximum Gasteiger partial charge on any atom is 0.259 e. The fraction of sp³-hybridized carbons (Fsp3) is 0.469.